The van der Waals surface area contributed by atoms with Crippen molar-refractivity contribution in [2.45, 2.75) is 45.2 Å². The van der Waals surface area contributed by atoms with Crippen LogP contribution in [0.25, 0.3) is 0 Å². The largest absolute Gasteiger partial charge is 0.314 e. The Morgan fingerprint density at radius 1 is 1.25 bits per heavy atom. The molecule has 0 radical (unpaired) electrons. The second kappa shape index (κ2) is 5.99. The maximum absolute atomic E-state index is 3.42. The van der Waals surface area contributed by atoms with Crippen LogP contribution in [0.4, 0.5) is 0 Å². The van der Waals surface area contributed by atoms with Crippen LogP contribution in [-0.2, 0) is 0 Å². The van der Waals surface area contributed by atoms with E-state index in [1.807, 2.05) is 0 Å². The molecule has 16 heavy (non-hydrogen) atoms. The van der Waals surface area contributed by atoms with Gasteiger partial charge in [0.25, 0.3) is 0 Å². The van der Waals surface area contributed by atoms with Crippen LogP contribution in [0.2, 0.25) is 0 Å². The first-order valence-electron chi connectivity index (χ1n) is 6.59. The zero-order valence-electron chi connectivity index (χ0n) is 11.7. The summed E-state index contributed by atoms with van der Waals surface area (Å²) in [6, 6.07) is 0.699. The molecule has 0 bridgehead atoms. The van der Waals surface area contributed by atoms with Gasteiger partial charge in [0.2, 0.25) is 0 Å². The van der Waals surface area contributed by atoms with Gasteiger partial charge < -0.3 is 10.2 Å². The van der Waals surface area contributed by atoms with Crippen molar-refractivity contribution < 1.29 is 0 Å². The van der Waals surface area contributed by atoms with Gasteiger partial charge in [-0.2, -0.15) is 0 Å². The molecule has 0 aromatic carbocycles. The standard InChI is InChI=1S/C13H29N3/c1-6-12(15(4)5)11-13(2,3)16-9-7-14-8-10-16/h12,14H,6-11H2,1-5H3. The zero-order chi connectivity index (χ0) is 12.2. The quantitative estimate of drug-likeness (QED) is 0.766. The Labute approximate surface area is 101 Å². The highest BCUT2D eigenvalue weighted by Crippen LogP contribution is 2.23. The van der Waals surface area contributed by atoms with E-state index in [1.54, 1.807) is 0 Å². The molecule has 0 aromatic heterocycles. The molecule has 0 saturated carbocycles. The van der Waals surface area contributed by atoms with E-state index in [0.717, 1.165) is 13.1 Å². The molecule has 3 heteroatoms. The van der Waals surface area contributed by atoms with Gasteiger partial charge in [0.15, 0.2) is 0 Å². The van der Waals surface area contributed by atoms with Crippen molar-refractivity contribution in [3.63, 3.8) is 0 Å². The molecule has 1 fully saturated rings. The highest BCUT2D eigenvalue weighted by Gasteiger charge is 2.30. The van der Waals surface area contributed by atoms with E-state index in [9.17, 15) is 0 Å². The summed E-state index contributed by atoms with van der Waals surface area (Å²) < 4.78 is 0. The van der Waals surface area contributed by atoms with Gasteiger partial charge in [-0.3, -0.25) is 4.90 Å². The van der Waals surface area contributed by atoms with Crippen LogP contribution >= 0.6 is 0 Å². The summed E-state index contributed by atoms with van der Waals surface area (Å²) in [7, 11) is 4.39. The topological polar surface area (TPSA) is 18.5 Å². The van der Waals surface area contributed by atoms with Crippen LogP contribution in [0.3, 0.4) is 0 Å². The fourth-order valence-electron chi connectivity index (χ4n) is 2.67. The lowest BCUT2D eigenvalue weighted by Gasteiger charge is -2.44. The van der Waals surface area contributed by atoms with E-state index in [1.165, 1.54) is 25.9 Å². The zero-order valence-corrected chi connectivity index (χ0v) is 11.7. The lowest BCUT2D eigenvalue weighted by molar-refractivity contribution is 0.0694. The summed E-state index contributed by atoms with van der Waals surface area (Å²) in [6.07, 6.45) is 2.50. The Morgan fingerprint density at radius 3 is 2.25 bits per heavy atom. The molecule has 0 aromatic rings. The molecule has 1 heterocycles. The van der Waals surface area contributed by atoms with Crippen molar-refractivity contribution in [3.8, 4) is 0 Å². The molecule has 0 spiro atoms. The van der Waals surface area contributed by atoms with E-state index < -0.39 is 0 Å². The first-order valence-corrected chi connectivity index (χ1v) is 6.59. The van der Waals surface area contributed by atoms with Gasteiger partial charge in [0, 0.05) is 37.8 Å². The predicted octanol–water partition coefficient (Wildman–Crippen LogP) is 1.40. The summed E-state index contributed by atoms with van der Waals surface area (Å²) in [5.41, 5.74) is 0.326. The summed E-state index contributed by atoms with van der Waals surface area (Å²) in [4.78, 5) is 5.00. The maximum Gasteiger partial charge on any atom is 0.0169 e. The summed E-state index contributed by atoms with van der Waals surface area (Å²) in [6.45, 7) is 11.7. The molecule has 0 amide bonds. The van der Waals surface area contributed by atoms with Crippen LogP contribution in [0.5, 0.6) is 0 Å². The van der Waals surface area contributed by atoms with Gasteiger partial charge in [-0.25, -0.2) is 0 Å². The predicted molar refractivity (Wildman–Crippen MR) is 70.9 cm³/mol. The Bertz CT molecular complexity index is 195. The van der Waals surface area contributed by atoms with E-state index in [-0.39, 0.29) is 0 Å². The fraction of sp³-hybridized carbons (Fsp3) is 1.00. The average molecular weight is 227 g/mol. The molecule has 3 nitrogen and oxygen atoms in total. The van der Waals surface area contributed by atoms with E-state index in [0.29, 0.717) is 11.6 Å². The average Bonchev–Trinajstić information content (AvgIpc) is 2.27. The molecule has 1 unspecified atom stereocenters. The Balaban J connectivity index is 2.54. The van der Waals surface area contributed by atoms with Crippen molar-refractivity contribution in [1.29, 1.82) is 0 Å². The van der Waals surface area contributed by atoms with Gasteiger partial charge in [-0.1, -0.05) is 6.92 Å². The van der Waals surface area contributed by atoms with Gasteiger partial charge in [-0.15, -0.1) is 0 Å². The fourth-order valence-corrected chi connectivity index (χ4v) is 2.67. The van der Waals surface area contributed by atoms with Gasteiger partial charge >= 0.3 is 0 Å². The van der Waals surface area contributed by atoms with Crippen LogP contribution in [-0.4, -0.2) is 61.7 Å². The molecule has 1 aliphatic rings. The maximum atomic E-state index is 3.42. The number of nitrogens with one attached hydrogen (secondary N) is 1. The normalized spacial score (nSPS) is 21.4. The van der Waals surface area contributed by atoms with Gasteiger partial charge in [0.05, 0.1) is 0 Å². The van der Waals surface area contributed by atoms with Gasteiger partial charge in [0.1, 0.15) is 0 Å². The van der Waals surface area contributed by atoms with Crippen molar-refractivity contribution >= 4 is 0 Å². The SMILES string of the molecule is CCC(CC(C)(C)N1CCNCC1)N(C)C. The monoisotopic (exact) mass is 227 g/mol. The lowest BCUT2D eigenvalue weighted by atomic mass is 9.91. The summed E-state index contributed by atoms with van der Waals surface area (Å²) >= 11 is 0. The van der Waals surface area contributed by atoms with Crippen LogP contribution in [0.1, 0.15) is 33.6 Å². The van der Waals surface area contributed by atoms with Gasteiger partial charge in [-0.05, 0) is 40.8 Å². The molecular formula is C13H29N3. The minimum atomic E-state index is 0.326. The van der Waals surface area contributed by atoms with Crippen LogP contribution in [0.15, 0.2) is 0 Å². The number of nitrogens with zero attached hydrogens (tertiary/aromatic N) is 2. The first-order chi connectivity index (χ1) is 7.47. The smallest absolute Gasteiger partial charge is 0.0169 e. The number of piperazine rings is 1. The third-order valence-electron chi connectivity index (χ3n) is 3.91. The third kappa shape index (κ3) is 3.72. The van der Waals surface area contributed by atoms with Crippen molar-refractivity contribution in [2.24, 2.45) is 0 Å². The number of hydrogen-bond acceptors (Lipinski definition) is 3. The molecule has 1 atom stereocenters. The first kappa shape index (κ1) is 13.9. The summed E-state index contributed by atoms with van der Waals surface area (Å²) in [5.74, 6) is 0. The number of rotatable bonds is 5. The lowest BCUT2D eigenvalue weighted by Crippen LogP contribution is -2.55. The second-order valence-electron chi connectivity index (χ2n) is 5.78. The van der Waals surface area contributed by atoms with Crippen molar-refractivity contribution in [2.75, 3.05) is 40.3 Å². The van der Waals surface area contributed by atoms with E-state index in [4.69, 9.17) is 0 Å². The summed E-state index contributed by atoms with van der Waals surface area (Å²) in [5, 5.41) is 3.42. The Hall–Kier alpha value is -0.120. The molecule has 0 aliphatic carbocycles. The Kier molecular flexibility index (Phi) is 5.22. The van der Waals surface area contributed by atoms with E-state index in [2.05, 4.69) is 50.0 Å². The molecule has 96 valence electrons. The molecule has 1 rings (SSSR count). The van der Waals surface area contributed by atoms with Crippen molar-refractivity contribution in [3.05, 3.63) is 0 Å². The Morgan fingerprint density at radius 2 is 1.81 bits per heavy atom. The van der Waals surface area contributed by atoms with Crippen LogP contribution < -0.4 is 5.32 Å². The molecule has 1 N–H and O–H groups in total. The molecular weight excluding hydrogens is 198 g/mol. The number of hydrogen-bond donors (Lipinski definition) is 1. The molecule has 1 aliphatic heterocycles. The minimum absolute atomic E-state index is 0.326. The second-order valence-corrected chi connectivity index (χ2v) is 5.78. The molecule has 1 saturated heterocycles. The third-order valence-corrected chi connectivity index (χ3v) is 3.91. The van der Waals surface area contributed by atoms with Crippen molar-refractivity contribution in [1.82, 2.24) is 15.1 Å². The minimum Gasteiger partial charge on any atom is -0.314 e. The highest BCUT2D eigenvalue weighted by atomic mass is 15.2. The van der Waals surface area contributed by atoms with E-state index >= 15 is 0 Å². The highest BCUT2D eigenvalue weighted by molar-refractivity contribution is 4.88. The van der Waals surface area contributed by atoms with Crippen LogP contribution in [0, 0.1) is 0 Å².